The van der Waals surface area contributed by atoms with Gasteiger partial charge in [-0.05, 0) is 18.2 Å². The van der Waals surface area contributed by atoms with Crippen molar-refractivity contribution in [2.45, 2.75) is 0 Å². The van der Waals surface area contributed by atoms with Crippen molar-refractivity contribution in [3.63, 3.8) is 0 Å². The molecule has 104 valence electrons. The van der Waals surface area contributed by atoms with Crippen LogP contribution in [0.3, 0.4) is 0 Å². The van der Waals surface area contributed by atoms with Crippen LogP contribution in [0.2, 0.25) is 15.1 Å². The summed E-state index contributed by atoms with van der Waals surface area (Å²) < 4.78 is 17.9. The highest BCUT2D eigenvalue weighted by Crippen LogP contribution is 2.37. The molecule has 0 radical (unpaired) electrons. The van der Waals surface area contributed by atoms with Crippen LogP contribution in [0, 0.1) is 5.82 Å². The van der Waals surface area contributed by atoms with Gasteiger partial charge in [0.1, 0.15) is 5.82 Å². The SMILES string of the molecule is COC(=O)c1cc(F)cnc1-c1c(Cl)cc(Cl)cc1Cl. The molecule has 3 nitrogen and oxygen atoms in total. The fraction of sp³-hybridized carbons (Fsp3) is 0.0769. The van der Waals surface area contributed by atoms with Crippen LogP contribution < -0.4 is 0 Å². The molecule has 2 rings (SSSR count). The molecule has 0 aliphatic heterocycles. The van der Waals surface area contributed by atoms with Gasteiger partial charge >= 0.3 is 5.97 Å². The van der Waals surface area contributed by atoms with E-state index in [4.69, 9.17) is 34.8 Å². The second-order valence-corrected chi connectivity index (χ2v) is 5.04. The Morgan fingerprint density at radius 3 is 2.35 bits per heavy atom. The van der Waals surface area contributed by atoms with E-state index in [1.165, 1.54) is 19.2 Å². The first kappa shape index (κ1) is 15.0. The number of hydrogen-bond acceptors (Lipinski definition) is 3. The Hall–Kier alpha value is -1.36. The lowest BCUT2D eigenvalue weighted by molar-refractivity contribution is 0.0600. The minimum atomic E-state index is -0.742. The number of esters is 1. The average molecular weight is 335 g/mol. The van der Waals surface area contributed by atoms with Crippen LogP contribution in [-0.4, -0.2) is 18.1 Å². The third-order valence-electron chi connectivity index (χ3n) is 2.50. The highest BCUT2D eigenvalue weighted by atomic mass is 35.5. The summed E-state index contributed by atoms with van der Waals surface area (Å²) >= 11 is 18.0. The number of aromatic nitrogens is 1. The number of pyridine rings is 1. The molecule has 0 aliphatic carbocycles. The van der Waals surface area contributed by atoms with Gasteiger partial charge in [-0.1, -0.05) is 34.8 Å². The maximum Gasteiger partial charge on any atom is 0.340 e. The predicted molar refractivity (Wildman–Crippen MR) is 76.0 cm³/mol. The molecule has 0 atom stereocenters. The Morgan fingerprint density at radius 2 is 1.80 bits per heavy atom. The van der Waals surface area contributed by atoms with Crippen LogP contribution in [0.15, 0.2) is 24.4 Å². The molecule has 20 heavy (non-hydrogen) atoms. The zero-order chi connectivity index (χ0) is 14.9. The van der Waals surface area contributed by atoms with Gasteiger partial charge in [0.15, 0.2) is 0 Å². The number of halogens is 4. The Labute approximate surface area is 129 Å². The molecule has 0 amide bonds. The van der Waals surface area contributed by atoms with Crippen LogP contribution in [0.4, 0.5) is 4.39 Å². The van der Waals surface area contributed by atoms with E-state index in [2.05, 4.69) is 9.72 Å². The van der Waals surface area contributed by atoms with Crippen molar-refractivity contribution in [1.29, 1.82) is 0 Å². The molecule has 0 unspecified atom stereocenters. The molecule has 0 saturated heterocycles. The largest absolute Gasteiger partial charge is 0.465 e. The standard InChI is InChI=1S/C13H7Cl3FNO2/c1-20-13(19)8-4-7(17)5-18-12(8)11-9(15)2-6(14)3-10(11)16/h2-5H,1H3. The van der Waals surface area contributed by atoms with E-state index in [-0.39, 0.29) is 26.9 Å². The van der Waals surface area contributed by atoms with E-state index < -0.39 is 11.8 Å². The van der Waals surface area contributed by atoms with E-state index in [9.17, 15) is 9.18 Å². The Balaban J connectivity index is 2.73. The molecule has 7 heteroatoms. The van der Waals surface area contributed by atoms with Gasteiger partial charge in [-0.3, -0.25) is 4.98 Å². The topological polar surface area (TPSA) is 39.2 Å². The van der Waals surface area contributed by atoms with E-state index in [0.717, 1.165) is 12.3 Å². The number of nitrogens with zero attached hydrogens (tertiary/aromatic N) is 1. The third-order valence-corrected chi connectivity index (χ3v) is 3.32. The number of benzene rings is 1. The first-order valence-electron chi connectivity index (χ1n) is 5.32. The molecule has 0 aliphatic rings. The summed E-state index contributed by atoms with van der Waals surface area (Å²) in [4.78, 5) is 15.6. The molecule has 1 aromatic carbocycles. The fourth-order valence-corrected chi connectivity index (χ4v) is 2.67. The normalized spacial score (nSPS) is 10.4. The molecular formula is C13H7Cl3FNO2. The molecule has 0 N–H and O–H groups in total. The van der Waals surface area contributed by atoms with Crippen LogP contribution in [0.5, 0.6) is 0 Å². The predicted octanol–water partition coefficient (Wildman–Crippen LogP) is 4.63. The van der Waals surface area contributed by atoms with Gasteiger partial charge in [-0.15, -0.1) is 0 Å². The van der Waals surface area contributed by atoms with Gasteiger partial charge in [0.25, 0.3) is 0 Å². The second kappa shape index (κ2) is 5.95. The summed E-state index contributed by atoms with van der Waals surface area (Å²) in [7, 11) is 1.18. The molecule has 1 aromatic heterocycles. The minimum absolute atomic E-state index is 0.0707. The van der Waals surface area contributed by atoms with Crippen molar-refractivity contribution in [1.82, 2.24) is 4.98 Å². The molecule has 0 saturated carbocycles. The van der Waals surface area contributed by atoms with Gasteiger partial charge in [0, 0.05) is 10.6 Å². The summed E-state index contributed by atoms with van der Waals surface area (Å²) in [5, 5.41) is 0.740. The summed E-state index contributed by atoms with van der Waals surface area (Å²) in [5.41, 5.74) is 0.349. The monoisotopic (exact) mass is 333 g/mol. The number of methoxy groups -OCH3 is 1. The van der Waals surface area contributed by atoms with Crippen molar-refractivity contribution in [3.05, 3.63) is 50.8 Å². The maximum absolute atomic E-state index is 13.3. The van der Waals surface area contributed by atoms with Crippen molar-refractivity contribution in [2.75, 3.05) is 7.11 Å². The van der Waals surface area contributed by atoms with E-state index >= 15 is 0 Å². The number of ether oxygens (including phenoxy) is 1. The number of carbonyl (C=O) groups is 1. The molecule has 1 heterocycles. The summed E-state index contributed by atoms with van der Waals surface area (Å²) in [6, 6.07) is 3.92. The van der Waals surface area contributed by atoms with E-state index in [0.29, 0.717) is 5.02 Å². The molecule has 0 spiro atoms. The van der Waals surface area contributed by atoms with Gasteiger partial charge in [0.2, 0.25) is 0 Å². The average Bonchev–Trinajstić information content (AvgIpc) is 2.38. The van der Waals surface area contributed by atoms with E-state index in [1.807, 2.05) is 0 Å². The van der Waals surface area contributed by atoms with Gasteiger partial charge < -0.3 is 4.74 Å². The first-order valence-corrected chi connectivity index (χ1v) is 6.46. The molecule has 2 aromatic rings. The second-order valence-electron chi connectivity index (χ2n) is 3.79. The quantitative estimate of drug-likeness (QED) is 0.751. The fourth-order valence-electron chi connectivity index (χ4n) is 1.67. The number of rotatable bonds is 2. The van der Waals surface area contributed by atoms with Gasteiger partial charge in [-0.2, -0.15) is 0 Å². The molecule has 0 bridgehead atoms. The van der Waals surface area contributed by atoms with Crippen LogP contribution in [0.25, 0.3) is 11.3 Å². The first-order chi connectivity index (χ1) is 9.43. The van der Waals surface area contributed by atoms with Gasteiger partial charge in [-0.25, -0.2) is 9.18 Å². The van der Waals surface area contributed by atoms with Crippen LogP contribution in [0.1, 0.15) is 10.4 Å². The molecule has 0 fully saturated rings. The van der Waals surface area contributed by atoms with Crippen molar-refractivity contribution >= 4 is 40.8 Å². The van der Waals surface area contributed by atoms with Crippen LogP contribution >= 0.6 is 34.8 Å². The number of carbonyl (C=O) groups excluding carboxylic acids is 1. The maximum atomic E-state index is 13.3. The summed E-state index contributed by atoms with van der Waals surface area (Å²) in [6.07, 6.45) is 0.961. The van der Waals surface area contributed by atoms with Crippen molar-refractivity contribution in [3.8, 4) is 11.3 Å². The Bertz CT molecular complexity index is 668. The lowest BCUT2D eigenvalue weighted by Crippen LogP contribution is -2.06. The van der Waals surface area contributed by atoms with Crippen molar-refractivity contribution in [2.24, 2.45) is 0 Å². The summed E-state index contributed by atoms with van der Waals surface area (Å²) in [5.74, 6) is -1.41. The minimum Gasteiger partial charge on any atom is -0.465 e. The Kier molecular flexibility index (Phi) is 4.48. The highest BCUT2D eigenvalue weighted by molar-refractivity contribution is 6.42. The summed E-state index contributed by atoms with van der Waals surface area (Å²) in [6.45, 7) is 0. The van der Waals surface area contributed by atoms with Gasteiger partial charge in [0.05, 0.1) is 34.6 Å². The zero-order valence-electron chi connectivity index (χ0n) is 10.1. The third kappa shape index (κ3) is 2.87. The van der Waals surface area contributed by atoms with Crippen LogP contribution in [-0.2, 0) is 4.74 Å². The smallest absolute Gasteiger partial charge is 0.340 e. The highest BCUT2D eigenvalue weighted by Gasteiger charge is 2.20. The van der Waals surface area contributed by atoms with Crippen molar-refractivity contribution < 1.29 is 13.9 Å². The lowest BCUT2D eigenvalue weighted by atomic mass is 10.1. The lowest BCUT2D eigenvalue weighted by Gasteiger charge is -2.11. The van der Waals surface area contributed by atoms with E-state index in [1.54, 1.807) is 0 Å². The number of hydrogen-bond donors (Lipinski definition) is 0. The Morgan fingerprint density at radius 1 is 1.20 bits per heavy atom. The molecular weight excluding hydrogens is 328 g/mol. The zero-order valence-corrected chi connectivity index (χ0v) is 12.4.